The number of nitrogens with one attached hydrogen (secondary N) is 1. The highest BCUT2D eigenvalue weighted by atomic mass is 16.2. The SMILES string of the molecule is N#C/C1=C(/Nc2ccc(C#N)cc2)N(c2ccccc2)C(=O)CCCCCCCCCC1. The van der Waals surface area contributed by atoms with Crippen molar-refractivity contribution in [2.45, 2.75) is 64.2 Å². The number of benzene rings is 2. The maximum Gasteiger partial charge on any atom is 0.232 e. The minimum Gasteiger partial charge on any atom is -0.340 e. The van der Waals surface area contributed by atoms with Gasteiger partial charge in [0.1, 0.15) is 5.82 Å². The average Bonchev–Trinajstić information content (AvgIpc) is 2.83. The maximum absolute atomic E-state index is 13.4. The molecule has 2 aromatic carbocycles. The maximum atomic E-state index is 13.4. The van der Waals surface area contributed by atoms with Crippen LogP contribution in [0.25, 0.3) is 0 Å². The van der Waals surface area contributed by atoms with Crippen molar-refractivity contribution in [2.24, 2.45) is 0 Å². The highest BCUT2D eigenvalue weighted by molar-refractivity contribution is 5.97. The van der Waals surface area contributed by atoms with Crippen LogP contribution in [0.15, 0.2) is 66.0 Å². The molecule has 0 spiro atoms. The van der Waals surface area contributed by atoms with Crippen LogP contribution in [0.5, 0.6) is 0 Å². The third-order valence-electron chi connectivity index (χ3n) is 5.75. The van der Waals surface area contributed by atoms with Crippen molar-refractivity contribution in [1.82, 2.24) is 0 Å². The van der Waals surface area contributed by atoms with Gasteiger partial charge in [0.05, 0.1) is 29.0 Å². The Hall–Kier alpha value is -3.57. The van der Waals surface area contributed by atoms with E-state index in [1.807, 2.05) is 30.3 Å². The first-order chi connectivity index (χ1) is 15.7. The van der Waals surface area contributed by atoms with Crippen molar-refractivity contribution in [3.05, 3.63) is 71.6 Å². The summed E-state index contributed by atoms with van der Waals surface area (Å²) in [6.45, 7) is 0. The molecule has 1 N–H and O–H groups in total. The van der Waals surface area contributed by atoms with E-state index in [2.05, 4.69) is 17.5 Å². The predicted molar refractivity (Wildman–Crippen MR) is 128 cm³/mol. The summed E-state index contributed by atoms with van der Waals surface area (Å²) >= 11 is 0. The molecule has 0 saturated carbocycles. The molecule has 1 aliphatic heterocycles. The third-order valence-corrected chi connectivity index (χ3v) is 5.75. The Bertz CT molecular complexity index is 997. The molecule has 3 rings (SSSR count). The summed E-state index contributed by atoms with van der Waals surface area (Å²) in [5.41, 5.74) is 2.62. The van der Waals surface area contributed by atoms with Crippen LogP contribution in [-0.2, 0) is 4.79 Å². The van der Waals surface area contributed by atoms with Gasteiger partial charge < -0.3 is 5.32 Å². The molecule has 1 amide bonds. The first-order valence-corrected chi connectivity index (χ1v) is 11.5. The number of amides is 1. The Morgan fingerprint density at radius 2 is 1.31 bits per heavy atom. The van der Waals surface area contributed by atoms with Crippen LogP contribution in [0.2, 0.25) is 0 Å². The van der Waals surface area contributed by atoms with Crippen LogP contribution in [-0.4, -0.2) is 5.91 Å². The molecule has 1 heterocycles. The number of rotatable bonds is 3. The molecule has 164 valence electrons. The summed E-state index contributed by atoms with van der Waals surface area (Å²) in [5, 5.41) is 22.5. The van der Waals surface area contributed by atoms with Crippen molar-refractivity contribution in [1.29, 1.82) is 10.5 Å². The number of nitriles is 2. The van der Waals surface area contributed by atoms with Gasteiger partial charge in [0.2, 0.25) is 5.91 Å². The lowest BCUT2D eigenvalue weighted by atomic mass is 10.0. The number of carbonyl (C=O) groups is 1. The van der Waals surface area contributed by atoms with Crippen LogP contribution in [0.4, 0.5) is 11.4 Å². The number of hydrogen-bond donors (Lipinski definition) is 1. The monoisotopic (exact) mass is 426 g/mol. The molecule has 0 fully saturated rings. The minimum absolute atomic E-state index is 0.0165. The van der Waals surface area contributed by atoms with E-state index >= 15 is 0 Å². The van der Waals surface area contributed by atoms with E-state index in [1.165, 1.54) is 19.3 Å². The summed E-state index contributed by atoms with van der Waals surface area (Å²) in [5.74, 6) is 0.502. The van der Waals surface area contributed by atoms with E-state index in [0.717, 1.165) is 43.5 Å². The Balaban J connectivity index is 2.04. The van der Waals surface area contributed by atoms with Crippen molar-refractivity contribution in [3.63, 3.8) is 0 Å². The Morgan fingerprint density at radius 3 is 1.91 bits per heavy atom. The second-order valence-corrected chi connectivity index (χ2v) is 8.15. The van der Waals surface area contributed by atoms with Crippen molar-refractivity contribution in [3.8, 4) is 12.1 Å². The summed E-state index contributed by atoms with van der Waals surface area (Å²) in [7, 11) is 0. The quantitative estimate of drug-likeness (QED) is 0.595. The highest BCUT2D eigenvalue weighted by Crippen LogP contribution is 2.27. The summed E-state index contributed by atoms with van der Waals surface area (Å²) in [4.78, 5) is 15.1. The van der Waals surface area contributed by atoms with Gasteiger partial charge >= 0.3 is 0 Å². The van der Waals surface area contributed by atoms with Crippen molar-refractivity contribution < 1.29 is 4.79 Å². The second kappa shape index (κ2) is 12.3. The molecule has 0 aliphatic carbocycles. The molecule has 0 radical (unpaired) electrons. The molecule has 0 bridgehead atoms. The van der Waals surface area contributed by atoms with Gasteiger partial charge in [-0.05, 0) is 55.7 Å². The average molecular weight is 427 g/mol. The highest BCUT2D eigenvalue weighted by Gasteiger charge is 2.24. The van der Waals surface area contributed by atoms with E-state index in [0.29, 0.717) is 29.8 Å². The molecule has 0 unspecified atom stereocenters. The van der Waals surface area contributed by atoms with Crippen LogP contribution < -0.4 is 10.2 Å². The molecule has 32 heavy (non-hydrogen) atoms. The van der Waals surface area contributed by atoms with Gasteiger partial charge in [-0.2, -0.15) is 10.5 Å². The lowest BCUT2D eigenvalue weighted by molar-refractivity contribution is -0.118. The Morgan fingerprint density at radius 1 is 0.719 bits per heavy atom. The van der Waals surface area contributed by atoms with E-state index in [9.17, 15) is 10.1 Å². The fraction of sp³-hybridized carbons (Fsp3) is 0.370. The van der Waals surface area contributed by atoms with Crippen molar-refractivity contribution >= 4 is 17.3 Å². The largest absolute Gasteiger partial charge is 0.340 e. The second-order valence-electron chi connectivity index (χ2n) is 8.15. The molecule has 0 atom stereocenters. The summed E-state index contributed by atoms with van der Waals surface area (Å²) in [6.07, 6.45) is 9.70. The van der Waals surface area contributed by atoms with E-state index in [-0.39, 0.29) is 5.91 Å². The normalized spacial score (nSPS) is 18.8. The van der Waals surface area contributed by atoms with E-state index < -0.39 is 0 Å². The van der Waals surface area contributed by atoms with Crippen LogP contribution in [0.3, 0.4) is 0 Å². The molecule has 1 aliphatic rings. The van der Waals surface area contributed by atoms with Gasteiger partial charge in [0, 0.05) is 12.1 Å². The molecule has 2 aromatic rings. The van der Waals surface area contributed by atoms with E-state index in [1.54, 1.807) is 29.2 Å². The lowest BCUT2D eigenvalue weighted by Gasteiger charge is -2.28. The van der Waals surface area contributed by atoms with Gasteiger partial charge in [-0.25, -0.2) is 0 Å². The lowest BCUT2D eigenvalue weighted by Crippen LogP contribution is -2.34. The standard InChI is InChI=1S/C27H30N4O/c28-20-22-16-18-24(19-17-22)30-27-23(21-29)12-8-5-3-1-2-4-6-11-15-26(32)31(27)25-13-9-7-10-14-25/h7,9-10,13-14,16-19,30H,1-6,8,11-12,15H2/b27-23-. The number of para-hydroxylation sites is 1. The van der Waals surface area contributed by atoms with Gasteiger partial charge in [-0.3, -0.25) is 9.69 Å². The van der Waals surface area contributed by atoms with Gasteiger partial charge in [0.25, 0.3) is 0 Å². The zero-order chi connectivity index (χ0) is 22.6. The minimum atomic E-state index is -0.0165. The Kier molecular flexibility index (Phi) is 8.90. The number of nitrogens with zero attached hydrogens (tertiary/aromatic N) is 3. The molecule has 5 nitrogen and oxygen atoms in total. The van der Waals surface area contributed by atoms with Crippen molar-refractivity contribution in [2.75, 3.05) is 10.2 Å². The topological polar surface area (TPSA) is 79.9 Å². The zero-order valence-corrected chi connectivity index (χ0v) is 18.5. The number of allylic oxidation sites excluding steroid dienone is 1. The summed E-state index contributed by atoms with van der Waals surface area (Å²) in [6, 6.07) is 21.1. The first kappa shape index (κ1) is 23.1. The molecule has 5 heteroatoms. The fourth-order valence-corrected chi connectivity index (χ4v) is 3.98. The number of anilines is 2. The molecule has 0 saturated heterocycles. The smallest absolute Gasteiger partial charge is 0.232 e. The van der Waals surface area contributed by atoms with Crippen LogP contribution >= 0.6 is 0 Å². The number of carbonyl (C=O) groups excluding carboxylic acids is 1. The molecular formula is C27H30N4O. The van der Waals surface area contributed by atoms with E-state index in [4.69, 9.17) is 5.26 Å². The zero-order valence-electron chi connectivity index (χ0n) is 18.5. The fourth-order valence-electron chi connectivity index (χ4n) is 3.98. The van der Waals surface area contributed by atoms with Crippen LogP contribution in [0.1, 0.15) is 69.8 Å². The third kappa shape index (κ3) is 6.46. The van der Waals surface area contributed by atoms with Crippen LogP contribution in [0, 0.1) is 22.7 Å². The molecular weight excluding hydrogens is 396 g/mol. The molecule has 0 aromatic heterocycles. The first-order valence-electron chi connectivity index (χ1n) is 11.5. The summed E-state index contributed by atoms with van der Waals surface area (Å²) < 4.78 is 0. The van der Waals surface area contributed by atoms with Gasteiger partial charge in [-0.1, -0.05) is 56.7 Å². The number of hydrogen-bond acceptors (Lipinski definition) is 4. The predicted octanol–water partition coefficient (Wildman–Crippen LogP) is 6.65. The Labute approximate surface area is 191 Å². The van der Waals surface area contributed by atoms with Gasteiger partial charge in [-0.15, -0.1) is 0 Å². The van der Waals surface area contributed by atoms with Gasteiger partial charge in [0.15, 0.2) is 0 Å².